The molecule has 1 aromatic rings. The van der Waals surface area contributed by atoms with Crippen LogP contribution in [0.25, 0.3) is 0 Å². The first-order valence-corrected chi connectivity index (χ1v) is 5.11. The van der Waals surface area contributed by atoms with E-state index in [-0.39, 0.29) is 0 Å². The molecule has 0 radical (unpaired) electrons. The van der Waals surface area contributed by atoms with E-state index in [1.165, 1.54) is 4.90 Å². The second-order valence-electron chi connectivity index (χ2n) is 3.66. The highest BCUT2D eigenvalue weighted by molar-refractivity contribution is 5.77. The monoisotopic (exact) mass is 224 g/mol. The van der Waals surface area contributed by atoms with Crippen LogP contribution in [0, 0.1) is 13.8 Å². The number of hydrogen-bond acceptors (Lipinski definition) is 5. The fraction of sp³-hybridized carbons (Fsp3) is 0.600. The fourth-order valence-electron chi connectivity index (χ4n) is 1.35. The maximum Gasteiger partial charge on any atom is 0.326 e. The molecule has 0 aromatic carbocycles. The van der Waals surface area contributed by atoms with Crippen LogP contribution in [0.2, 0.25) is 0 Å². The van der Waals surface area contributed by atoms with Crippen molar-refractivity contribution in [3.8, 4) is 0 Å². The number of hydrogen-bond donors (Lipinski definition) is 1. The first-order chi connectivity index (χ1) is 7.47. The summed E-state index contributed by atoms with van der Waals surface area (Å²) in [7, 11) is 1.66. The second kappa shape index (κ2) is 4.87. The Morgan fingerprint density at radius 3 is 2.44 bits per heavy atom. The quantitative estimate of drug-likeness (QED) is 0.814. The number of nitrogens with zero attached hydrogens (tertiary/aromatic N) is 4. The fourth-order valence-corrected chi connectivity index (χ4v) is 1.35. The van der Waals surface area contributed by atoms with Gasteiger partial charge in [0.25, 0.3) is 0 Å². The minimum Gasteiger partial charge on any atom is -0.480 e. The van der Waals surface area contributed by atoms with Crippen LogP contribution >= 0.6 is 0 Å². The largest absolute Gasteiger partial charge is 0.480 e. The third-order valence-electron chi connectivity index (χ3n) is 2.54. The summed E-state index contributed by atoms with van der Waals surface area (Å²) in [6.45, 7) is 5.44. The average Bonchev–Trinajstić information content (AvgIpc) is 2.22. The Bertz CT molecular complexity index is 394. The Morgan fingerprint density at radius 2 is 2.00 bits per heavy atom. The Morgan fingerprint density at radius 1 is 1.38 bits per heavy atom. The zero-order chi connectivity index (χ0) is 12.3. The van der Waals surface area contributed by atoms with Crippen molar-refractivity contribution in [3.63, 3.8) is 0 Å². The molecule has 0 aliphatic heterocycles. The van der Waals surface area contributed by atoms with E-state index in [1.807, 2.05) is 20.8 Å². The normalized spacial score (nSPS) is 12.2. The molecule has 1 heterocycles. The SMILES string of the molecule is CCC(C(=O)O)N(C)c1nnc(C)c(C)n1. The summed E-state index contributed by atoms with van der Waals surface area (Å²) in [6.07, 6.45) is 0.488. The lowest BCUT2D eigenvalue weighted by Gasteiger charge is -2.23. The number of carbonyl (C=O) groups is 1. The standard InChI is InChI=1S/C10H16N4O2/c1-5-8(9(15)16)14(4)10-11-6(2)7(3)12-13-10/h8H,5H2,1-4H3,(H,15,16). The van der Waals surface area contributed by atoms with Gasteiger partial charge in [-0.3, -0.25) is 0 Å². The summed E-state index contributed by atoms with van der Waals surface area (Å²) in [5.41, 5.74) is 1.51. The van der Waals surface area contributed by atoms with Crippen molar-refractivity contribution in [1.82, 2.24) is 15.2 Å². The Kier molecular flexibility index (Phi) is 3.76. The molecule has 6 nitrogen and oxygen atoms in total. The Balaban J connectivity index is 2.99. The van der Waals surface area contributed by atoms with Crippen LogP contribution in [0.1, 0.15) is 24.7 Å². The molecule has 0 aliphatic carbocycles. The molecule has 0 saturated heterocycles. The van der Waals surface area contributed by atoms with Crippen molar-refractivity contribution in [2.24, 2.45) is 0 Å². The van der Waals surface area contributed by atoms with E-state index >= 15 is 0 Å². The molecule has 88 valence electrons. The third-order valence-corrected chi connectivity index (χ3v) is 2.54. The van der Waals surface area contributed by atoms with Gasteiger partial charge in [0.15, 0.2) is 0 Å². The molecular weight excluding hydrogens is 208 g/mol. The number of aromatic nitrogens is 3. The van der Waals surface area contributed by atoms with Crippen LogP contribution in [-0.4, -0.2) is 39.3 Å². The van der Waals surface area contributed by atoms with Crippen molar-refractivity contribution in [3.05, 3.63) is 11.4 Å². The van der Waals surface area contributed by atoms with Gasteiger partial charge in [0.1, 0.15) is 6.04 Å². The number of rotatable bonds is 4. The zero-order valence-electron chi connectivity index (χ0n) is 9.93. The van der Waals surface area contributed by atoms with Crippen molar-refractivity contribution >= 4 is 11.9 Å². The van der Waals surface area contributed by atoms with Crippen LogP contribution in [0.5, 0.6) is 0 Å². The third kappa shape index (κ3) is 2.44. The Hall–Kier alpha value is -1.72. The van der Waals surface area contributed by atoms with Gasteiger partial charge >= 0.3 is 5.97 Å². The van der Waals surface area contributed by atoms with Crippen molar-refractivity contribution in [2.45, 2.75) is 33.2 Å². The molecule has 1 aromatic heterocycles. The van der Waals surface area contributed by atoms with Gasteiger partial charge < -0.3 is 10.0 Å². The first-order valence-electron chi connectivity index (χ1n) is 5.11. The highest BCUT2D eigenvalue weighted by atomic mass is 16.4. The van der Waals surface area contributed by atoms with E-state index in [4.69, 9.17) is 5.11 Å². The number of aryl methyl sites for hydroxylation is 2. The van der Waals surface area contributed by atoms with Gasteiger partial charge in [0.05, 0.1) is 11.4 Å². The number of aliphatic carboxylic acids is 1. The molecule has 0 bridgehead atoms. The smallest absolute Gasteiger partial charge is 0.326 e. The highest BCUT2D eigenvalue weighted by Crippen LogP contribution is 2.11. The van der Waals surface area contributed by atoms with E-state index < -0.39 is 12.0 Å². The zero-order valence-corrected chi connectivity index (χ0v) is 9.93. The van der Waals surface area contributed by atoms with E-state index in [0.29, 0.717) is 12.4 Å². The summed E-state index contributed by atoms with van der Waals surface area (Å²) in [4.78, 5) is 16.7. The van der Waals surface area contributed by atoms with Gasteiger partial charge in [-0.2, -0.15) is 5.10 Å². The predicted octanol–water partition coefficient (Wildman–Crippen LogP) is 0.788. The lowest BCUT2D eigenvalue weighted by Crippen LogP contribution is -2.39. The molecule has 1 N–H and O–H groups in total. The lowest BCUT2D eigenvalue weighted by molar-refractivity contribution is -0.138. The number of anilines is 1. The van der Waals surface area contributed by atoms with E-state index in [0.717, 1.165) is 11.4 Å². The molecular formula is C10H16N4O2. The van der Waals surface area contributed by atoms with Crippen molar-refractivity contribution in [2.75, 3.05) is 11.9 Å². The maximum atomic E-state index is 11.0. The average molecular weight is 224 g/mol. The summed E-state index contributed by atoms with van der Waals surface area (Å²) < 4.78 is 0. The van der Waals surface area contributed by atoms with Crippen LogP contribution in [-0.2, 0) is 4.79 Å². The first kappa shape index (κ1) is 12.4. The molecule has 0 amide bonds. The summed E-state index contributed by atoms with van der Waals surface area (Å²) >= 11 is 0. The van der Waals surface area contributed by atoms with Gasteiger partial charge in [0, 0.05) is 7.05 Å². The number of carboxylic acid groups (broad SMARTS) is 1. The van der Waals surface area contributed by atoms with Crippen molar-refractivity contribution in [1.29, 1.82) is 0 Å². The highest BCUT2D eigenvalue weighted by Gasteiger charge is 2.23. The molecule has 0 fully saturated rings. The molecule has 0 spiro atoms. The molecule has 16 heavy (non-hydrogen) atoms. The molecule has 1 unspecified atom stereocenters. The Labute approximate surface area is 94.3 Å². The van der Waals surface area contributed by atoms with Crippen LogP contribution in [0.3, 0.4) is 0 Å². The molecule has 1 atom stereocenters. The van der Waals surface area contributed by atoms with Gasteiger partial charge in [-0.15, -0.1) is 5.10 Å². The minimum absolute atomic E-state index is 0.345. The topological polar surface area (TPSA) is 79.2 Å². The van der Waals surface area contributed by atoms with Gasteiger partial charge in [-0.25, -0.2) is 9.78 Å². The minimum atomic E-state index is -0.883. The summed E-state index contributed by atoms with van der Waals surface area (Å²) in [5.74, 6) is -0.538. The van der Waals surface area contributed by atoms with E-state index in [1.54, 1.807) is 7.05 Å². The van der Waals surface area contributed by atoms with Crippen LogP contribution < -0.4 is 4.90 Å². The van der Waals surface area contributed by atoms with Gasteiger partial charge in [-0.05, 0) is 20.3 Å². The molecule has 0 saturated carbocycles. The number of carboxylic acids is 1. The molecule has 1 rings (SSSR count). The van der Waals surface area contributed by atoms with Gasteiger partial charge in [0.2, 0.25) is 5.95 Å². The van der Waals surface area contributed by atoms with E-state index in [2.05, 4.69) is 15.2 Å². The lowest BCUT2D eigenvalue weighted by atomic mass is 10.2. The number of likely N-dealkylation sites (N-methyl/N-ethyl adjacent to an activating group) is 1. The second-order valence-corrected chi connectivity index (χ2v) is 3.66. The molecule has 0 aliphatic rings. The van der Waals surface area contributed by atoms with Crippen molar-refractivity contribution < 1.29 is 9.90 Å². The maximum absolute atomic E-state index is 11.0. The van der Waals surface area contributed by atoms with Crippen LogP contribution in [0.15, 0.2) is 0 Å². The summed E-state index contributed by atoms with van der Waals surface area (Å²) in [6, 6.07) is -0.621. The molecule has 6 heteroatoms. The summed E-state index contributed by atoms with van der Waals surface area (Å²) in [5, 5.41) is 16.8. The van der Waals surface area contributed by atoms with Crippen LogP contribution in [0.4, 0.5) is 5.95 Å². The van der Waals surface area contributed by atoms with Gasteiger partial charge in [-0.1, -0.05) is 6.92 Å². The van der Waals surface area contributed by atoms with E-state index in [9.17, 15) is 4.79 Å². The predicted molar refractivity (Wildman–Crippen MR) is 59.4 cm³/mol.